The molecule has 3 rings (SSSR count). The number of anilines is 1. The Morgan fingerprint density at radius 2 is 2.14 bits per heavy atom. The predicted molar refractivity (Wildman–Crippen MR) is 89.2 cm³/mol. The van der Waals surface area contributed by atoms with Gasteiger partial charge >= 0.3 is 0 Å². The Hall–Kier alpha value is -0.890. The first-order valence-electron chi connectivity index (χ1n) is 7.55. The van der Waals surface area contributed by atoms with E-state index in [1.54, 1.807) is 0 Å². The second-order valence-corrected chi connectivity index (χ2v) is 6.73. The summed E-state index contributed by atoms with van der Waals surface area (Å²) in [5.74, 6) is 0.260. The van der Waals surface area contributed by atoms with E-state index in [0.29, 0.717) is 18.3 Å². The van der Waals surface area contributed by atoms with Crippen LogP contribution in [0.25, 0.3) is 0 Å². The number of nitrogen functional groups attached to an aromatic ring is 1. The number of hydrogen-bond donors (Lipinski definition) is 1. The topological polar surface area (TPSA) is 71.7 Å². The monoisotopic (exact) mass is 346 g/mol. The van der Waals surface area contributed by atoms with Crippen molar-refractivity contribution in [3.05, 3.63) is 11.1 Å². The molecule has 1 aromatic heterocycles. The maximum Gasteiger partial charge on any atom is 0.240 e. The normalized spacial score (nSPS) is 23.1. The average Bonchev–Trinajstić information content (AvgIpc) is 2.93. The second kappa shape index (κ2) is 8.10. The van der Waals surface area contributed by atoms with Crippen molar-refractivity contribution < 1.29 is 9.53 Å². The maximum atomic E-state index is 12.8. The SMILES string of the molecule is Cl.Nc1ncc(CN2CCCCC2C(=O)N2CCOCC2)s1. The smallest absolute Gasteiger partial charge is 0.240 e. The third-order valence-electron chi connectivity index (χ3n) is 4.15. The van der Waals surface area contributed by atoms with Crippen LogP contribution in [-0.2, 0) is 16.1 Å². The molecule has 0 radical (unpaired) electrons. The molecule has 1 unspecified atom stereocenters. The van der Waals surface area contributed by atoms with Gasteiger partial charge in [-0.3, -0.25) is 9.69 Å². The van der Waals surface area contributed by atoms with Gasteiger partial charge in [0.05, 0.1) is 19.3 Å². The number of carbonyl (C=O) groups excluding carboxylic acids is 1. The predicted octanol–water partition coefficient (Wildman–Crippen LogP) is 1.36. The van der Waals surface area contributed by atoms with E-state index in [1.807, 2.05) is 11.1 Å². The number of piperidine rings is 1. The van der Waals surface area contributed by atoms with E-state index in [1.165, 1.54) is 11.3 Å². The number of aromatic nitrogens is 1. The summed E-state index contributed by atoms with van der Waals surface area (Å²) in [7, 11) is 0. The van der Waals surface area contributed by atoms with Crippen LogP contribution in [0.4, 0.5) is 5.13 Å². The Morgan fingerprint density at radius 3 is 2.82 bits per heavy atom. The standard InChI is InChI=1S/C14H22N4O2S.ClH/c15-14-16-9-11(21-14)10-18-4-2-1-3-12(18)13(19)17-5-7-20-8-6-17;/h9,12H,1-8,10H2,(H2,15,16);1H. The summed E-state index contributed by atoms with van der Waals surface area (Å²) in [5.41, 5.74) is 5.69. The van der Waals surface area contributed by atoms with Gasteiger partial charge < -0.3 is 15.4 Å². The summed E-state index contributed by atoms with van der Waals surface area (Å²) in [5, 5.41) is 0.595. The molecule has 2 aliphatic heterocycles. The highest BCUT2D eigenvalue weighted by Gasteiger charge is 2.32. The average molecular weight is 347 g/mol. The van der Waals surface area contributed by atoms with Crippen molar-refractivity contribution in [1.29, 1.82) is 0 Å². The van der Waals surface area contributed by atoms with E-state index in [4.69, 9.17) is 10.5 Å². The molecule has 8 heteroatoms. The fraction of sp³-hybridized carbons (Fsp3) is 0.714. The van der Waals surface area contributed by atoms with Crippen LogP contribution < -0.4 is 5.73 Å². The van der Waals surface area contributed by atoms with Crippen LogP contribution in [0.3, 0.4) is 0 Å². The van der Waals surface area contributed by atoms with Gasteiger partial charge in [-0.25, -0.2) is 4.98 Å². The van der Waals surface area contributed by atoms with Gasteiger partial charge in [0.2, 0.25) is 5.91 Å². The lowest BCUT2D eigenvalue weighted by Crippen LogP contribution is -2.53. The molecule has 1 aromatic rings. The van der Waals surface area contributed by atoms with Gasteiger partial charge in [0.15, 0.2) is 5.13 Å². The molecule has 1 atom stereocenters. The largest absolute Gasteiger partial charge is 0.378 e. The Labute approximate surface area is 141 Å². The number of nitrogens with zero attached hydrogens (tertiary/aromatic N) is 3. The lowest BCUT2D eigenvalue weighted by atomic mass is 10.0. The molecule has 0 saturated carbocycles. The minimum atomic E-state index is 0. The van der Waals surface area contributed by atoms with E-state index in [-0.39, 0.29) is 24.4 Å². The fourth-order valence-corrected chi connectivity index (χ4v) is 3.76. The lowest BCUT2D eigenvalue weighted by Gasteiger charge is -2.38. The number of carbonyl (C=O) groups is 1. The molecule has 2 saturated heterocycles. The first-order chi connectivity index (χ1) is 10.2. The first-order valence-corrected chi connectivity index (χ1v) is 8.36. The van der Waals surface area contributed by atoms with Crippen molar-refractivity contribution in [2.75, 3.05) is 38.6 Å². The Bertz CT molecular complexity index is 493. The molecule has 6 nitrogen and oxygen atoms in total. The van der Waals surface area contributed by atoms with Crippen LogP contribution in [0.2, 0.25) is 0 Å². The third-order valence-corrected chi connectivity index (χ3v) is 4.96. The minimum Gasteiger partial charge on any atom is -0.378 e. The highest BCUT2D eigenvalue weighted by molar-refractivity contribution is 7.15. The maximum absolute atomic E-state index is 12.8. The highest BCUT2D eigenvalue weighted by Crippen LogP contribution is 2.24. The molecule has 1 amide bonds. The summed E-state index contributed by atoms with van der Waals surface area (Å²) in [4.78, 5) is 22.2. The van der Waals surface area contributed by atoms with E-state index >= 15 is 0 Å². The molecular weight excluding hydrogens is 324 g/mol. The minimum absolute atomic E-state index is 0. The van der Waals surface area contributed by atoms with Crippen LogP contribution >= 0.6 is 23.7 Å². The highest BCUT2D eigenvalue weighted by atomic mass is 35.5. The van der Waals surface area contributed by atoms with Gasteiger partial charge in [-0.05, 0) is 19.4 Å². The van der Waals surface area contributed by atoms with Crippen molar-refractivity contribution in [2.45, 2.75) is 31.8 Å². The molecule has 2 aliphatic rings. The van der Waals surface area contributed by atoms with Crippen molar-refractivity contribution in [3.8, 4) is 0 Å². The molecular formula is C14H23ClN4O2S. The number of likely N-dealkylation sites (tertiary alicyclic amines) is 1. The molecule has 124 valence electrons. The number of nitrogens with two attached hydrogens (primary N) is 1. The van der Waals surface area contributed by atoms with E-state index in [9.17, 15) is 4.79 Å². The van der Waals surface area contributed by atoms with Crippen LogP contribution in [0, 0.1) is 0 Å². The van der Waals surface area contributed by atoms with Crippen LogP contribution in [0.15, 0.2) is 6.20 Å². The van der Waals surface area contributed by atoms with Crippen LogP contribution in [0.5, 0.6) is 0 Å². The second-order valence-electron chi connectivity index (χ2n) is 5.58. The summed E-state index contributed by atoms with van der Waals surface area (Å²) >= 11 is 1.51. The molecule has 22 heavy (non-hydrogen) atoms. The van der Waals surface area contributed by atoms with Crippen molar-refractivity contribution in [1.82, 2.24) is 14.8 Å². The van der Waals surface area contributed by atoms with Crippen molar-refractivity contribution in [2.24, 2.45) is 0 Å². The molecule has 2 N–H and O–H groups in total. The van der Waals surface area contributed by atoms with E-state index < -0.39 is 0 Å². The number of rotatable bonds is 3. The summed E-state index contributed by atoms with van der Waals surface area (Å²) in [6, 6.07) is 0.000162. The molecule has 0 bridgehead atoms. The van der Waals surface area contributed by atoms with Gasteiger partial charge in [0, 0.05) is 30.7 Å². The quantitative estimate of drug-likeness (QED) is 0.894. The molecule has 0 aliphatic carbocycles. The number of halogens is 1. The zero-order chi connectivity index (χ0) is 14.7. The summed E-state index contributed by atoms with van der Waals surface area (Å²) in [6.45, 7) is 4.50. The number of ether oxygens (including phenoxy) is 1. The lowest BCUT2D eigenvalue weighted by molar-refractivity contribution is -0.142. The molecule has 2 fully saturated rings. The number of amides is 1. The fourth-order valence-electron chi connectivity index (χ4n) is 3.05. The van der Waals surface area contributed by atoms with Gasteiger partial charge in [-0.2, -0.15) is 0 Å². The molecule has 0 aromatic carbocycles. The van der Waals surface area contributed by atoms with Gasteiger partial charge in [0.1, 0.15) is 0 Å². The number of hydrogen-bond acceptors (Lipinski definition) is 6. The first kappa shape index (κ1) is 17.5. The van der Waals surface area contributed by atoms with Crippen LogP contribution in [-0.4, -0.2) is 59.6 Å². The Balaban J connectivity index is 0.00000176. The molecule has 0 spiro atoms. The summed E-state index contributed by atoms with van der Waals surface area (Å²) < 4.78 is 5.33. The Kier molecular flexibility index (Phi) is 6.43. The van der Waals surface area contributed by atoms with Gasteiger partial charge in [0.25, 0.3) is 0 Å². The van der Waals surface area contributed by atoms with Crippen LogP contribution in [0.1, 0.15) is 24.1 Å². The number of morpholine rings is 1. The Morgan fingerprint density at radius 1 is 1.36 bits per heavy atom. The zero-order valence-electron chi connectivity index (χ0n) is 12.6. The van der Waals surface area contributed by atoms with Crippen molar-refractivity contribution >= 4 is 34.8 Å². The third kappa shape index (κ3) is 4.10. The van der Waals surface area contributed by atoms with Gasteiger partial charge in [-0.15, -0.1) is 23.7 Å². The van der Waals surface area contributed by atoms with E-state index in [0.717, 1.165) is 50.3 Å². The molecule has 3 heterocycles. The summed E-state index contributed by atoms with van der Waals surface area (Å²) in [6.07, 6.45) is 5.05. The van der Waals surface area contributed by atoms with Crippen molar-refractivity contribution in [3.63, 3.8) is 0 Å². The number of thiazole rings is 1. The zero-order valence-corrected chi connectivity index (χ0v) is 14.2. The van der Waals surface area contributed by atoms with E-state index in [2.05, 4.69) is 9.88 Å². The van der Waals surface area contributed by atoms with Gasteiger partial charge in [-0.1, -0.05) is 6.42 Å².